The average Bonchev–Trinajstić information content (AvgIpc) is 3.11. The average molecular weight is 455 g/mol. The van der Waals surface area contributed by atoms with Crippen molar-refractivity contribution < 1.29 is 13.2 Å². The van der Waals surface area contributed by atoms with Gasteiger partial charge in [0.25, 0.3) is 0 Å². The van der Waals surface area contributed by atoms with E-state index in [1.54, 1.807) is 36.5 Å². The Bertz CT molecular complexity index is 862. The standard InChI is InChI=1S/C18H23BrN4O3S/c19-16-13-21-22(14-16)10-4-9-20-18(24)15-7-11-23(12-8-15)27(25,26)17-5-2-1-3-6-17/h1-3,5-6,13-15H,4,7-12H2,(H,20,24). The van der Waals surface area contributed by atoms with E-state index in [-0.39, 0.29) is 11.8 Å². The van der Waals surface area contributed by atoms with E-state index in [9.17, 15) is 13.2 Å². The van der Waals surface area contributed by atoms with E-state index in [2.05, 4.69) is 26.3 Å². The molecule has 1 aromatic heterocycles. The number of carbonyl (C=O) groups excluding carboxylic acids is 1. The molecule has 0 saturated carbocycles. The molecule has 1 fully saturated rings. The number of aryl methyl sites for hydroxylation is 1. The highest BCUT2D eigenvalue weighted by Gasteiger charge is 2.31. The van der Waals surface area contributed by atoms with Crippen molar-refractivity contribution >= 4 is 31.9 Å². The van der Waals surface area contributed by atoms with Gasteiger partial charge in [0.15, 0.2) is 0 Å². The first-order valence-corrected chi connectivity index (χ1v) is 11.2. The van der Waals surface area contributed by atoms with Gasteiger partial charge < -0.3 is 5.32 Å². The quantitative estimate of drug-likeness (QED) is 0.650. The van der Waals surface area contributed by atoms with E-state index in [4.69, 9.17) is 0 Å². The van der Waals surface area contributed by atoms with Crippen molar-refractivity contribution in [3.05, 3.63) is 47.2 Å². The van der Waals surface area contributed by atoms with Crippen molar-refractivity contribution in [2.75, 3.05) is 19.6 Å². The first kappa shape index (κ1) is 20.0. The summed E-state index contributed by atoms with van der Waals surface area (Å²) < 4.78 is 29.5. The van der Waals surface area contributed by atoms with E-state index in [1.807, 2.05) is 10.9 Å². The van der Waals surface area contributed by atoms with Crippen LogP contribution in [-0.2, 0) is 21.4 Å². The number of nitrogens with one attached hydrogen (secondary N) is 1. The summed E-state index contributed by atoms with van der Waals surface area (Å²) in [4.78, 5) is 12.6. The monoisotopic (exact) mass is 454 g/mol. The summed E-state index contributed by atoms with van der Waals surface area (Å²) in [5.74, 6) is -0.125. The lowest BCUT2D eigenvalue weighted by Crippen LogP contribution is -2.43. The highest BCUT2D eigenvalue weighted by molar-refractivity contribution is 9.10. The molecule has 0 radical (unpaired) electrons. The van der Waals surface area contributed by atoms with Gasteiger partial charge in [0.1, 0.15) is 0 Å². The highest BCUT2D eigenvalue weighted by Crippen LogP contribution is 2.23. The second-order valence-electron chi connectivity index (χ2n) is 6.56. The minimum absolute atomic E-state index is 0.00778. The Morgan fingerprint density at radius 1 is 1.22 bits per heavy atom. The van der Waals surface area contributed by atoms with Crippen LogP contribution < -0.4 is 5.32 Å². The number of amides is 1. The van der Waals surface area contributed by atoms with E-state index < -0.39 is 10.0 Å². The Balaban J connectivity index is 1.42. The van der Waals surface area contributed by atoms with E-state index in [0.717, 1.165) is 17.4 Å². The van der Waals surface area contributed by atoms with Crippen LogP contribution >= 0.6 is 15.9 Å². The number of rotatable bonds is 7. The number of benzene rings is 1. The van der Waals surface area contributed by atoms with Gasteiger partial charge in [-0.3, -0.25) is 9.48 Å². The summed E-state index contributed by atoms with van der Waals surface area (Å²) in [6.45, 7) is 2.06. The molecule has 1 amide bonds. The van der Waals surface area contributed by atoms with Crippen LogP contribution in [0.4, 0.5) is 0 Å². The van der Waals surface area contributed by atoms with Gasteiger partial charge in [0.2, 0.25) is 15.9 Å². The molecule has 27 heavy (non-hydrogen) atoms. The Kier molecular flexibility index (Phi) is 6.67. The zero-order valence-corrected chi connectivity index (χ0v) is 17.3. The molecule has 1 N–H and O–H groups in total. The molecule has 0 unspecified atom stereocenters. The summed E-state index contributed by atoms with van der Waals surface area (Å²) >= 11 is 3.35. The topological polar surface area (TPSA) is 84.3 Å². The molecule has 1 saturated heterocycles. The Morgan fingerprint density at radius 2 is 1.93 bits per heavy atom. The fraction of sp³-hybridized carbons (Fsp3) is 0.444. The number of aromatic nitrogens is 2. The van der Waals surface area contributed by atoms with Crippen molar-refractivity contribution in [2.24, 2.45) is 5.92 Å². The normalized spacial score (nSPS) is 16.3. The molecule has 146 valence electrons. The molecule has 0 spiro atoms. The van der Waals surface area contributed by atoms with Crippen LogP contribution in [0.15, 0.2) is 52.1 Å². The predicted octanol–water partition coefficient (Wildman–Crippen LogP) is 2.25. The SMILES string of the molecule is O=C(NCCCn1cc(Br)cn1)C1CCN(S(=O)(=O)c2ccccc2)CC1. The Labute approximate surface area is 167 Å². The van der Waals surface area contributed by atoms with Gasteiger partial charge in [-0.05, 0) is 47.3 Å². The number of hydrogen-bond acceptors (Lipinski definition) is 4. The van der Waals surface area contributed by atoms with Crippen LogP contribution in [0.5, 0.6) is 0 Å². The summed E-state index contributed by atoms with van der Waals surface area (Å²) in [5.41, 5.74) is 0. The number of hydrogen-bond donors (Lipinski definition) is 1. The molecule has 1 aliphatic rings. The van der Waals surface area contributed by atoms with Crippen LogP contribution in [0, 0.1) is 5.92 Å². The molecule has 2 aromatic rings. The minimum atomic E-state index is -3.47. The molecule has 0 atom stereocenters. The first-order valence-electron chi connectivity index (χ1n) is 8.97. The van der Waals surface area contributed by atoms with Crippen molar-refractivity contribution in [3.63, 3.8) is 0 Å². The van der Waals surface area contributed by atoms with Gasteiger partial charge in [0.05, 0.1) is 15.6 Å². The predicted molar refractivity (Wildman–Crippen MR) is 105 cm³/mol. The maximum absolute atomic E-state index is 12.6. The smallest absolute Gasteiger partial charge is 0.243 e. The lowest BCUT2D eigenvalue weighted by Gasteiger charge is -2.30. The molecule has 7 nitrogen and oxygen atoms in total. The van der Waals surface area contributed by atoms with Crippen LogP contribution in [0.2, 0.25) is 0 Å². The molecule has 0 bridgehead atoms. The number of carbonyl (C=O) groups is 1. The molecule has 9 heteroatoms. The maximum Gasteiger partial charge on any atom is 0.243 e. The molecular weight excluding hydrogens is 432 g/mol. The summed E-state index contributed by atoms with van der Waals surface area (Å²) in [5, 5.41) is 7.13. The number of piperidine rings is 1. The highest BCUT2D eigenvalue weighted by atomic mass is 79.9. The molecular formula is C18H23BrN4O3S. The molecule has 3 rings (SSSR count). The van der Waals surface area contributed by atoms with Gasteiger partial charge in [-0.2, -0.15) is 9.40 Å². The summed E-state index contributed by atoms with van der Waals surface area (Å²) in [7, 11) is -3.47. The van der Waals surface area contributed by atoms with Gasteiger partial charge >= 0.3 is 0 Å². The largest absolute Gasteiger partial charge is 0.356 e. The van der Waals surface area contributed by atoms with Crippen LogP contribution in [0.25, 0.3) is 0 Å². The molecule has 1 aliphatic heterocycles. The Hall–Kier alpha value is -1.71. The van der Waals surface area contributed by atoms with Crippen LogP contribution in [-0.4, -0.2) is 48.0 Å². The maximum atomic E-state index is 12.6. The van der Waals surface area contributed by atoms with E-state index >= 15 is 0 Å². The molecule has 1 aromatic carbocycles. The molecule has 2 heterocycles. The Morgan fingerprint density at radius 3 is 2.56 bits per heavy atom. The molecule has 0 aliphatic carbocycles. The second kappa shape index (κ2) is 8.99. The third-order valence-corrected chi connectivity index (χ3v) is 6.99. The van der Waals surface area contributed by atoms with Gasteiger partial charge in [-0.15, -0.1) is 0 Å². The second-order valence-corrected chi connectivity index (χ2v) is 9.41. The third-order valence-electron chi connectivity index (χ3n) is 4.67. The first-order chi connectivity index (χ1) is 13.0. The van der Waals surface area contributed by atoms with Crippen molar-refractivity contribution in [3.8, 4) is 0 Å². The van der Waals surface area contributed by atoms with Crippen LogP contribution in [0.3, 0.4) is 0 Å². The van der Waals surface area contributed by atoms with Gasteiger partial charge in [-0.25, -0.2) is 8.42 Å². The van der Waals surface area contributed by atoms with Crippen molar-refractivity contribution in [1.29, 1.82) is 0 Å². The fourth-order valence-corrected chi connectivity index (χ4v) is 4.98. The van der Waals surface area contributed by atoms with Crippen LogP contribution in [0.1, 0.15) is 19.3 Å². The van der Waals surface area contributed by atoms with E-state index in [1.165, 1.54) is 4.31 Å². The fourth-order valence-electron chi connectivity index (χ4n) is 3.16. The van der Waals surface area contributed by atoms with Gasteiger partial charge in [0, 0.05) is 38.3 Å². The zero-order chi connectivity index (χ0) is 19.3. The third kappa shape index (κ3) is 5.18. The number of halogens is 1. The number of nitrogens with zero attached hydrogens (tertiary/aromatic N) is 3. The lowest BCUT2D eigenvalue weighted by molar-refractivity contribution is -0.126. The zero-order valence-electron chi connectivity index (χ0n) is 14.9. The summed E-state index contributed by atoms with van der Waals surface area (Å²) in [6.07, 6.45) is 5.51. The van der Waals surface area contributed by atoms with Crippen molar-refractivity contribution in [2.45, 2.75) is 30.7 Å². The number of sulfonamides is 1. The minimum Gasteiger partial charge on any atom is -0.356 e. The van der Waals surface area contributed by atoms with Gasteiger partial charge in [-0.1, -0.05) is 18.2 Å². The summed E-state index contributed by atoms with van der Waals surface area (Å²) in [6, 6.07) is 8.43. The lowest BCUT2D eigenvalue weighted by atomic mass is 9.97. The van der Waals surface area contributed by atoms with Crippen molar-refractivity contribution in [1.82, 2.24) is 19.4 Å². The van der Waals surface area contributed by atoms with E-state index in [0.29, 0.717) is 37.4 Å².